The van der Waals surface area contributed by atoms with E-state index >= 15 is 0 Å². The summed E-state index contributed by atoms with van der Waals surface area (Å²) in [5.41, 5.74) is 8.85. The lowest BCUT2D eigenvalue weighted by molar-refractivity contribution is 0.798. The Morgan fingerprint density at radius 3 is 2.53 bits per heavy atom. The molecule has 4 nitrogen and oxygen atoms in total. The maximum Gasteiger partial charge on any atom is 0.122 e. The van der Waals surface area contributed by atoms with Crippen LogP contribution in [0.1, 0.15) is 11.5 Å². The van der Waals surface area contributed by atoms with E-state index in [2.05, 4.69) is 9.97 Å². The molecule has 78 valence electrons. The third kappa shape index (κ3) is 1.64. The standard InChI is InChI=1S/C11H14N4/c1-8-11(9-3-5-13-6-4-9)15(2)10(7-12)14-8/h3-6H,7,12H2,1-2H3. The van der Waals surface area contributed by atoms with E-state index < -0.39 is 0 Å². The lowest BCUT2D eigenvalue weighted by Crippen LogP contribution is -2.05. The zero-order chi connectivity index (χ0) is 10.8. The van der Waals surface area contributed by atoms with Gasteiger partial charge in [-0.15, -0.1) is 0 Å². The Bertz CT molecular complexity index is 459. The molecular formula is C11H14N4. The first-order valence-corrected chi connectivity index (χ1v) is 4.86. The summed E-state index contributed by atoms with van der Waals surface area (Å²) in [5, 5.41) is 0. The minimum Gasteiger partial charge on any atom is -0.330 e. The summed E-state index contributed by atoms with van der Waals surface area (Å²) in [4.78, 5) is 8.43. The molecule has 0 radical (unpaired) electrons. The minimum absolute atomic E-state index is 0.461. The predicted molar refractivity (Wildman–Crippen MR) is 59.1 cm³/mol. The molecule has 0 atom stereocenters. The number of aromatic nitrogens is 3. The normalized spacial score (nSPS) is 10.6. The molecular weight excluding hydrogens is 188 g/mol. The summed E-state index contributed by atoms with van der Waals surface area (Å²) in [6.45, 7) is 2.46. The maximum atomic E-state index is 5.62. The van der Waals surface area contributed by atoms with Crippen LogP contribution < -0.4 is 5.73 Å². The van der Waals surface area contributed by atoms with E-state index in [4.69, 9.17) is 5.73 Å². The zero-order valence-electron chi connectivity index (χ0n) is 8.94. The molecule has 0 bridgehead atoms. The third-order valence-corrected chi connectivity index (χ3v) is 2.50. The van der Waals surface area contributed by atoms with Crippen molar-refractivity contribution in [1.82, 2.24) is 14.5 Å². The molecule has 0 amide bonds. The van der Waals surface area contributed by atoms with Gasteiger partial charge in [0.05, 0.1) is 17.9 Å². The Kier molecular flexibility index (Phi) is 2.51. The highest BCUT2D eigenvalue weighted by Crippen LogP contribution is 2.22. The van der Waals surface area contributed by atoms with Crippen LogP contribution in [0.2, 0.25) is 0 Å². The number of hydrogen-bond donors (Lipinski definition) is 1. The van der Waals surface area contributed by atoms with Crippen LogP contribution in [0.5, 0.6) is 0 Å². The highest BCUT2D eigenvalue weighted by molar-refractivity contribution is 5.62. The van der Waals surface area contributed by atoms with Gasteiger partial charge in [0.2, 0.25) is 0 Å². The molecule has 2 heterocycles. The van der Waals surface area contributed by atoms with Crippen LogP contribution >= 0.6 is 0 Å². The van der Waals surface area contributed by atoms with Gasteiger partial charge in [0.25, 0.3) is 0 Å². The molecule has 0 saturated heterocycles. The zero-order valence-corrected chi connectivity index (χ0v) is 8.94. The van der Waals surface area contributed by atoms with Gasteiger partial charge >= 0.3 is 0 Å². The van der Waals surface area contributed by atoms with Gasteiger partial charge in [-0.2, -0.15) is 0 Å². The van der Waals surface area contributed by atoms with Crippen LogP contribution in [0.15, 0.2) is 24.5 Å². The average molecular weight is 202 g/mol. The molecule has 0 aliphatic heterocycles. The maximum absolute atomic E-state index is 5.62. The van der Waals surface area contributed by atoms with Gasteiger partial charge in [0.15, 0.2) is 0 Å². The van der Waals surface area contributed by atoms with E-state index in [1.165, 1.54) is 0 Å². The van der Waals surface area contributed by atoms with Crippen LogP contribution in [0, 0.1) is 6.92 Å². The summed E-state index contributed by atoms with van der Waals surface area (Å²) in [7, 11) is 1.98. The van der Waals surface area contributed by atoms with Gasteiger partial charge in [0, 0.05) is 25.0 Å². The number of nitrogens with zero attached hydrogens (tertiary/aromatic N) is 3. The van der Waals surface area contributed by atoms with E-state index in [0.29, 0.717) is 6.54 Å². The fourth-order valence-electron chi connectivity index (χ4n) is 1.79. The van der Waals surface area contributed by atoms with Crippen molar-refractivity contribution in [2.45, 2.75) is 13.5 Å². The quantitative estimate of drug-likeness (QED) is 0.797. The largest absolute Gasteiger partial charge is 0.330 e. The van der Waals surface area contributed by atoms with Gasteiger partial charge in [-0.05, 0) is 19.1 Å². The van der Waals surface area contributed by atoms with Crippen LogP contribution in [0.25, 0.3) is 11.3 Å². The lowest BCUT2D eigenvalue weighted by atomic mass is 10.1. The Balaban J connectivity index is 2.58. The first-order chi connectivity index (χ1) is 7.24. The minimum atomic E-state index is 0.461. The molecule has 2 aromatic rings. The summed E-state index contributed by atoms with van der Waals surface area (Å²) in [5.74, 6) is 0.902. The fraction of sp³-hybridized carbons (Fsp3) is 0.273. The predicted octanol–water partition coefficient (Wildman–Crippen LogP) is 1.25. The van der Waals surface area contributed by atoms with E-state index in [1.807, 2.05) is 30.7 Å². The number of pyridine rings is 1. The van der Waals surface area contributed by atoms with Crippen LogP contribution in [0.3, 0.4) is 0 Å². The third-order valence-electron chi connectivity index (χ3n) is 2.50. The molecule has 0 aromatic carbocycles. The number of hydrogen-bond acceptors (Lipinski definition) is 3. The van der Waals surface area contributed by atoms with Crippen molar-refractivity contribution in [3.05, 3.63) is 36.0 Å². The summed E-state index contributed by atoms with van der Waals surface area (Å²) < 4.78 is 2.03. The molecule has 0 spiro atoms. The Morgan fingerprint density at radius 2 is 2.00 bits per heavy atom. The summed E-state index contributed by atoms with van der Waals surface area (Å²) in [6.07, 6.45) is 3.56. The molecule has 0 aliphatic rings. The van der Waals surface area contributed by atoms with Crippen molar-refractivity contribution in [2.75, 3.05) is 0 Å². The highest BCUT2D eigenvalue weighted by Gasteiger charge is 2.11. The number of aryl methyl sites for hydroxylation is 1. The first-order valence-electron chi connectivity index (χ1n) is 4.86. The van der Waals surface area contributed by atoms with E-state index in [0.717, 1.165) is 22.8 Å². The topological polar surface area (TPSA) is 56.7 Å². The van der Waals surface area contributed by atoms with E-state index in [1.54, 1.807) is 12.4 Å². The van der Waals surface area contributed by atoms with E-state index in [9.17, 15) is 0 Å². The van der Waals surface area contributed by atoms with Crippen LogP contribution in [-0.2, 0) is 13.6 Å². The monoisotopic (exact) mass is 202 g/mol. The SMILES string of the molecule is Cc1nc(CN)n(C)c1-c1ccncc1. The number of nitrogens with two attached hydrogens (primary N) is 1. The van der Waals surface area contributed by atoms with Crippen molar-refractivity contribution in [3.63, 3.8) is 0 Å². The van der Waals surface area contributed by atoms with Crippen LogP contribution in [0.4, 0.5) is 0 Å². The van der Waals surface area contributed by atoms with E-state index in [-0.39, 0.29) is 0 Å². The molecule has 4 heteroatoms. The molecule has 2 rings (SSSR count). The van der Waals surface area contributed by atoms with Crippen molar-refractivity contribution in [2.24, 2.45) is 12.8 Å². The second-order valence-corrected chi connectivity index (χ2v) is 3.46. The first kappa shape index (κ1) is 9.86. The molecule has 15 heavy (non-hydrogen) atoms. The second kappa shape index (κ2) is 3.82. The van der Waals surface area contributed by atoms with Gasteiger partial charge in [-0.1, -0.05) is 0 Å². The number of imidazole rings is 1. The number of rotatable bonds is 2. The summed E-state index contributed by atoms with van der Waals surface area (Å²) in [6, 6.07) is 3.95. The van der Waals surface area contributed by atoms with Crippen molar-refractivity contribution in [3.8, 4) is 11.3 Å². The molecule has 0 aliphatic carbocycles. The van der Waals surface area contributed by atoms with Gasteiger partial charge in [-0.3, -0.25) is 4.98 Å². The second-order valence-electron chi connectivity index (χ2n) is 3.46. The Labute approximate surface area is 88.8 Å². The van der Waals surface area contributed by atoms with Gasteiger partial charge in [0.1, 0.15) is 5.82 Å². The fourth-order valence-corrected chi connectivity index (χ4v) is 1.79. The Morgan fingerprint density at radius 1 is 1.33 bits per heavy atom. The van der Waals surface area contributed by atoms with Crippen molar-refractivity contribution < 1.29 is 0 Å². The van der Waals surface area contributed by atoms with Gasteiger partial charge in [-0.25, -0.2) is 4.98 Å². The van der Waals surface area contributed by atoms with Crippen molar-refractivity contribution in [1.29, 1.82) is 0 Å². The highest BCUT2D eigenvalue weighted by atomic mass is 15.1. The average Bonchev–Trinajstić information content (AvgIpc) is 2.55. The van der Waals surface area contributed by atoms with Crippen molar-refractivity contribution >= 4 is 0 Å². The molecule has 0 unspecified atom stereocenters. The Hall–Kier alpha value is -1.68. The molecule has 2 aromatic heterocycles. The molecule has 2 N–H and O–H groups in total. The smallest absolute Gasteiger partial charge is 0.122 e. The van der Waals surface area contributed by atoms with Crippen LogP contribution in [-0.4, -0.2) is 14.5 Å². The lowest BCUT2D eigenvalue weighted by Gasteiger charge is -2.05. The summed E-state index contributed by atoms with van der Waals surface area (Å²) >= 11 is 0. The van der Waals surface area contributed by atoms with Gasteiger partial charge < -0.3 is 10.3 Å². The molecule has 0 saturated carbocycles. The molecule has 0 fully saturated rings.